The van der Waals surface area contributed by atoms with Gasteiger partial charge in [0.25, 0.3) is 0 Å². The van der Waals surface area contributed by atoms with Crippen LogP contribution in [0.25, 0.3) is 0 Å². The number of benzene rings is 1. The molecule has 1 aromatic carbocycles. The first-order chi connectivity index (χ1) is 16.1. The number of esters is 1. The van der Waals surface area contributed by atoms with E-state index in [2.05, 4.69) is 15.0 Å². The number of amides is 2. The minimum atomic E-state index is -0.715. The van der Waals surface area contributed by atoms with Gasteiger partial charge in [0.05, 0.1) is 32.3 Å². The Morgan fingerprint density at radius 1 is 1.44 bits per heavy atom. The number of aryl methyl sites for hydroxylation is 1. The molecule has 1 aromatic heterocycles. The summed E-state index contributed by atoms with van der Waals surface area (Å²) in [5.41, 5.74) is 0.238. The molecule has 0 saturated carbocycles. The van der Waals surface area contributed by atoms with E-state index in [1.807, 2.05) is 0 Å². The summed E-state index contributed by atoms with van der Waals surface area (Å²) < 4.78 is 26.2. The van der Waals surface area contributed by atoms with Crippen molar-refractivity contribution in [2.45, 2.75) is 42.8 Å². The number of halogens is 1. The molecule has 0 unspecified atom stereocenters. The Morgan fingerprint density at radius 2 is 2.18 bits per heavy atom. The molecule has 0 bridgehead atoms. The maximum absolute atomic E-state index is 15.0. The van der Waals surface area contributed by atoms with Crippen molar-refractivity contribution in [3.8, 4) is 0 Å². The summed E-state index contributed by atoms with van der Waals surface area (Å²) in [6.07, 6.45) is -1.30. The predicted molar refractivity (Wildman–Crippen MR) is 117 cm³/mol. The van der Waals surface area contributed by atoms with Crippen LogP contribution in [0.15, 0.2) is 28.1 Å². The Hall–Kier alpha value is -3.68. The van der Waals surface area contributed by atoms with Crippen LogP contribution in [-0.2, 0) is 25.6 Å². The van der Waals surface area contributed by atoms with E-state index in [1.165, 1.54) is 35.6 Å². The maximum Gasteiger partial charge on any atom is 0.414 e. The molecule has 3 rings (SSSR count). The lowest BCUT2D eigenvalue weighted by Gasteiger charge is -2.14. The molecule has 1 atom stereocenters. The molecule has 14 heteroatoms. The summed E-state index contributed by atoms with van der Waals surface area (Å²) in [5.74, 6) is -1.65. The van der Waals surface area contributed by atoms with Crippen LogP contribution in [0, 0.1) is 22.9 Å². The lowest BCUT2D eigenvalue weighted by atomic mass is 10.2. The molecular formula is C20H22FN5O7S. The summed E-state index contributed by atoms with van der Waals surface area (Å²) in [6, 6.07) is 4.00. The van der Waals surface area contributed by atoms with Gasteiger partial charge in [-0.1, -0.05) is 11.8 Å². The van der Waals surface area contributed by atoms with Gasteiger partial charge in [-0.05, 0) is 28.1 Å². The number of carbonyl (C=O) groups excluding carboxylic acids is 3. The van der Waals surface area contributed by atoms with E-state index in [9.17, 15) is 28.9 Å². The lowest BCUT2D eigenvalue weighted by Crippen LogP contribution is -2.33. The fourth-order valence-electron chi connectivity index (χ4n) is 3.26. The topological polar surface area (TPSA) is 146 Å². The average Bonchev–Trinajstić information content (AvgIpc) is 3.31. The second-order valence-electron chi connectivity index (χ2n) is 7.29. The number of nitro groups is 1. The molecule has 1 saturated heterocycles. The summed E-state index contributed by atoms with van der Waals surface area (Å²) >= 11 is 0.789. The number of hydrogen-bond donors (Lipinski definition) is 1. The Bertz CT molecular complexity index is 1140. The molecule has 0 radical (unpaired) electrons. The van der Waals surface area contributed by atoms with Gasteiger partial charge in [0.2, 0.25) is 11.7 Å². The van der Waals surface area contributed by atoms with Crippen LogP contribution in [0.3, 0.4) is 0 Å². The highest BCUT2D eigenvalue weighted by Gasteiger charge is 2.33. The zero-order valence-electron chi connectivity index (χ0n) is 18.6. The number of rotatable bonds is 9. The molecule has 0 spiro atoms. The highest BCUT2D eigenvalue weighted by atomic mass is 32.2. The van der Waals surface area contributed by atoms with E-state index < -0.39 is 34.7 Å². The number of methoxy groups -OCH3 is 1. The van der Waals surface area contributed by atoms with Crippen LogP contribution in [0.1, 0.15) is 19.2 Å². The van der Waals surface area contributed by atoms with Crippen LogP contribution >= 0.6 is 11.8 Å². The number of hydrogen-bond acceptors (Lipinski definition) is 9. The zero-order chi connectivity index (χ0) is 25.0. The van der Waals surface area contributed by atoms with Gasteiger partial charge in [-0.25, -0.2) is 9.18 Å². The molecular weight excluding hydrogens is 473 g/mol. The lowest BCUT2D eigenvalue weighted by molar-refractivity contribution is -0.392. The van der Waals surface area contributed by atoms with Gasteiger partial charge >= 0.3 is 17.9 Å². The first-order valence-corrected chi connectivity index (χ1v) is 10.9. The largest absolute Gasteiger partial charge is 0.469 e. The van der Waals surface area contributed by atoms with Crippen LogP contribution in [0.4, 0.5) is 20.7 Å². The van der Waals surface area contributed by atoms with E-state index in [-0.39, 0.29) is 47.6 Å². The number of anilines is 1. The molecule has 182 valence electrons. The number of ether oxygens (including phenoxy) is 2. The minimum Gasteiger partial charge on any atom is -0.469 e. The van der Waals surface area contributed by atoms with Crippen LogP contribution in [-0.4, -0.2) is 58.7 Å². The zero-order valence-corrected chi connectivity index (χ0v) is 19.4. The van der Waals surface area contributed by atoms with Crippen molar-refractivity contribution in [1.29, 1.82) is 0 Å². The van der Waals surface area contributed by atoms with Gasteiger partial charge in [0, 0.05) is 25.3 Å². The van der Waals surface area contributed by atoms with Gasteiger partial charge in [-0.3, -0.25) is 19.1 Å². The molecule has 34 heavy (non-hydrogen) atoms. The van der Waals surface area contributed by atoms with Gasteiger partial charge in [0.1, 0.15) is 11.9 Å². The highest BCUT2D eigenvalue weighted by molar-refractivity contribution is 7.99. The normalized spacial score (nSPS) is 15.2. The monoisotopic (exact) mass is 495 g/mol. The standard InChI is InChI=1S/C20H22FN5O7S/c1-11-23-18(26(30)31)19(24(11)7-6-17(28)32-3)34-16-5-4-13(8-15(16)21)25-10-14(33-20(25)29)9-22-12(2)27/h4-5,8,14H,6-7,9-10H2,1-3H3,(H,22,27)/t14-/m0/s1. The fraction of sp³-hybridized carbons (Fsp3) is 0.400. The van der Waals surface area contributed by atoms with Crippen molar-refractivity contribution in [2.75, 3.05) is 25.1 Å². The number of nitrogens with one attached hydrogen (secondary N) is 1. The first-order valence-electron chi connectivity index (χ1n) is 10.1. The number of imidazole rings is 1. The van der Waals surface area contributed by atoms with E-state index in [1.54, 1.807) is 6.92 Å². The fourth-order valence-corrected chi connectivity index (χ4v) is 4.30. The third-order valence-electron chi connectivity index (χ3n) is 4.92. The average molecular weight is 495 g/mol. The van der Waals surface area contributed by atoms with E-state index in [0.717, 1.165) is 17.8 Å². The van der Waals surface area contributed by atoms with Crippen molar-refractivity contribution in [3.63, 3.8) is 0 Å². The minimum absolute atomic E-state index is 0.0451. The quantitative estimate of drug-likeness (QED) is 0.315. The van der Waals surface area contributed by atoms with Crippen LogP contribution in [0.2, 0.25) is 0 Å². The van der Waals surface area contributed by atoms with Crippen molar-refractivity contribution in [2.24, 2.45) is 0 Å². The third-order valence-corrected chi connectivity index (χ3v) is 6.07. The van der Waals surface area contributed by atoms with Crippen molar-refractivity contribution < 1.29 is 33.2 Å². The second-order valence-corrected chi connectivity index (χ2v) is 8.32. The van der Waals surface area contributed by atoms with Gasteiger partial charge in [0.15, 0.2) is 5.03 Å². The second kappa shape index (κ2) is 10.5. The Labute approximate surface area is 197 Å². The summed E-state index contributed by atoms with van der Waals surface area (Å²) in [6.45, 7) is 3.21. The third kappa shape index (κ3) is 5.62. The summed E-state index contributed by atoms with van der Waals surface area (Å²) in [7, 11) is 1.23. The molecule has 1 aliphatic rings. The highest BCUT2D eigenvalue weighted by Crippen LogP contribution is 2.38. The smallest absolute Gasteiger partial charge is 0.414 e. The van der Waals surface area contributed by atoms with Crippen molar-refractivity contribution in [1.82, 2.24) is 14.9 Å². The number of nitrogens with zero attached hydrogens (tertiary/aromatic N) is 4. The van der Waals surface area contributed by atoms with Crippen LogP contribution < -0.4 is 10.2 Å². The summed E-state index contributed by atoms with van der Waals surface area (Å²) in [5, 5.41) is 14.1. The van der Waals surface area contributed by atoms with Gasteiger partial charge in [-0.15, -0.1) is 0 Å². The molecule has 2 aromatic rings. The van der Waals surface area contributed by atoms with E-state index in [0.29, 0.717) is 5.82 Å². The molecule has 2 heterocycles. The molecule has 1 aliphatic heterocycles. The number of carbonyl (C=O) groups is 3. The molecule has 1 N–H and O–H groups in total. The van der Waals surface area contributed by atoms with Crippen molar-refractivity contribution in [3.05, 3.63) is 40.0 Å². The first kappa shape index (κ1) is 25.0. The Kier molecular flexibility index (Phi) is 7.71. The van der Waals surface area contributed by atoms with E-state index in [4.69, 9.17) is 4.74 Å². The Morgan fingerprint density at radius 3 is 2.79 bits per heavy atom. The number of cyclic esters (lactones) is 1. The Balaban J connectivity index is 1.82. The number of aromatic nitrogens is 2. The van der Waals surface area contributed by atoms with E-state index >= 15 is 0 Å². The van der Waals surface area contributed by atoms with Gasteiger partial charge in [-0.2, -0.15) is 0 Å². The SMILES string of the molecule is COC(=O)CCn1c(C)nc([N+](=O)[O-])c1Sc1ccc(N2C[C@H](CNC(C)=O)OC2=O)cc1F. The molecule has 12 nitrogen and oxygen atoms in total. The molecule has 1 fully saturated rings. The summed E-state index contributed by atoms with van der Waals surface area (Å²) in [4.78, 5) is 50.8. The van der Waals surface area contributed by atoms with Crippen molar-refractivity contribution >= 4 is 41.2 Å². The predicted octanol–water partition coefficient (Wildman–Crippen LogP) is 2.41. The van der Waals surface area contributed by atoms with Crippen LogP contribution in [0.5, 0.6) is 0 Å². The molecule has 0 aliphatic carbocycles. The van der Waals surface area contributed by atoms with Gasteiger partial charge < -0.3 is 24.9 Å². The maximum atomic E-state index is 15.0. The molecule has 2 amide bonds.